The highest BCUT2D eigenvalue weighted by molar-refractivity contribution is 7.99. The maximum absolute atomic E-state index is 4.54. The quantitative estimate of drug-likeness (QED) is 0.676. The standard InChI is InChI=1S/C10H11NS/c1-12-7-9-6-8-4-2-3-5-10(8)11-9/h2-5H,6-7H2,1H3. The van der Waals surface area contributed by atoms with Crippen LogP contribution in [0.2, 0.25) is 0 Å². The van der Waals surface area contributed by atoms with Crippen LogP contribution in [0.5, 0.6) is 0 Å². The molecule has 1 nitrogen and oxygen atoms in total. The summed E-state index contributed by atoms with van der Waals surface area (Å²) in [4.78, 5) is 4.54. The minimum atomic E-state index is 1.05. The average Bonchev–Trinajstić information content (AvgIpc) is 2.47. The molecule has 0 radical (unpaired) electrons. The Kier molecular flexibility index (Phi) is 2.17. The molecule has 0 atom stereocenters. The fourth-order valence-corrected chi connectivity index (χ4v) is 1.95. The second kappa shape index (κ2) is 3.31. The second-order valence-electron chi connectivity index (χ2n) is 2.92. The van der Waals surface area contributed by atoms with Crippen molar-refractivity contribution < 1.29 is 0 Å². The van der Waals surface area contributed by atoms with Crippen LogP contribution in [0.25, 0.3) is 0 Å². The molecular weight excluding hydrogens is 166 g/mol. The molecule has 1 aromatic rings. The number of hydrogen-bond acceptors (Lipinski definition) is 2. The minimum absolute atomic E-state index is 1.05. The summed E-state index contributed by atoms with van der Waals surface area (Å²) in [5.41, 5.74) is 3.85. The largest absolute Gasteiger partial charge is 0.256 e. The lowest BCUT2D eigenvalue weighted by Gasteiger charge is -1.94. The molecule has 12 heavy (non-hydrogen) atoms. The highest BCUT2D eigenvalue weighted by Gasteiger charge is 2.12. The molecule has 0 saturated carbocycles. The third-order valence-corrected chi connectivity index (χ3v) is 2.60. The Morgan fingerprint density at radius 3 is 3.00 bits per heavy atom. The molecule has 0 bridgehead atoms. The van der Waals surface area contributed by atoms with Crippen molar-refractivity contribution in [3.63, 3.8) is 0 Å². The number of thioether (sulfide) groups is 1. The lowest BCUT2D eigenvalue weighted by molar-refractivity contribution is 1.39. The fourth-order valence-electron chi connectivity index (χ4n) is 1.45. The summed E-state index contributed by atoms with van der Waals surface area (Å²) in [5.74, 6) is 1.06. The van der Waals surface area contributed by atoms with Crippen LogP contribution in [-0.2, 0) is 6.42 Å². The third kappa shape index (κ3) is 1.39. The first kappa shape index (κ1) is 7.87. The molecular formula is C10H11NS. The van der Waals surface area contributed by atoms with E-state index in [1.807, 2.05) is 17.8 Å². The molecule has 1 aliphatic heterocycles. The predicted octanol–water partition coefficient (Wildman–Crippen LogP) is 2.68. The van der Waals surface area contributed by atoms with Gasteiger partial charge in [0, 0.05) is 17.9 Å². The molecule has 62 valence electrons. The topological polar surface area (TPSA) is 12.4 Å². The Morgan fingerprint density at radius 2 is 2.25 bits per heavy atom. The van der Waals surface area contributed by atoms with Crippen LogP contribution in [0.3, 0.4) is 0 Å². The molecule has 1 heterocycles. The number of aliphatic imine (C=N–C) groups is 1. The number of fused-ring (bicyclic) bond motifs is 1. The Bertz CT molecular complexity index is 317. The monoisotopic (exact) mass is 177 g/mol. The maximum Gasteiger partial charge on any atom is 0.0665 e. The highest BCUT2D eigenvalue weighted by atomic mass is 32.2. The molecule has 0 unspecified atom stereocenters. The SMILES string of the molecule is CSCC1=Nc2ccccc2C1. The Labute approximate surface area is 76.9 Å². The first-order valence-corrected chi connectivity index (χ1v) is 5.43. The van der Waals surface area contributed by atoms with Crippen molar-refractivity contribution in [2.24, 2.45) is 4.99 Å². The van der Waals surface area contributed by atoms with Crippen LogP contribution in [0.4, 0.5) is 5.69 Å². The highest BCUT2D eigenvalue weighted by Crippen LogP contribution is 2.26. The van der Waals surface area contributed by atoms with E-state index in [9.17, 15) is 0 Å². The van der Waals surface area contributed by atoms with Gasteiger partial charge in [-0.3, -0.25) is 4.99 Å². The van der Waals surface area contributed by atoms with Crippen LogP contribution in [0.15, 0.2) is 29.3 Å². The fraction of sp³-hybridized carbons (Fsp3) is 0.300. The number of benzene rings is 1. The van der Waals surface area contributed by atoms with E-state index in [0.717, 1.165) is 12.2 Å². The van der Waals surface area contributed by atoms with E-state index < -0.39 is 0 Å². The van der Waals surface area contributed by atoms with E-state index >= 15 is 0 Å². The van der Waals surface area contributed by atoms with E-state index in [2.05, 4.69) is 29.4 Å². The number of nitrogens with zero attached hydrogens (tertiary/aromatic N) is 1. The number of rotatable bonds is 2. The molecule has 0 saturated heterocycles. The van der Waals surface area contributed by atoms with Gasteiger partial charge in [-0.1, -0.05) is 18.2 Å². The van der Waals surface area contributed by atoms with Crippen LogP contribution < -0.4 is 0 Å². The lowest BCUT2D eigenvalue weighted by Crippen LogP contribution is -2.00. The second-order valence-corrected chi connectivity index (χ2v) is 3.78. The molecule has 2 rings (SSSR count). The van der Waals surface area contributed by atoms with E-state index in [4.69, 9.17) is 0 Å². The Morgan fingerprint density at radius 1 is 1.42 bits per heavy atom. The molecule has 0 fully saturated rings. The van der Waals surface area contributed by atoms with Gasteiger partial charge in [-0.25, -0.2) is 0 Å². The molecule has 1 aliphatic rings. The molecule has 0 spiro atoms. The number of hydrogen-bond donors (Lipinski definition) is 0. The van der Waals surface area contributed by atoms with Gasteiger partial charge < -0.3 is 0 Å². The van der Waals surface area contributed by atoms with Crippen molar-refractivity contribution in [1.29, 1.82) is 0 Å². The van der Waals surface area contributed by atoms with Gasteiger partial charge in [0.25, 0.3) is 0 Å². The van der Waals surface area contributed by atoms with Crippen molar-refractivity contribution >= 4 is 23.2 Å². The van der Waals surface area contributed by atoms with E-state index in [1.54, 1.807) is 0 Å². The zero-order valence-corrected chi connectivity index (χ0v) is 7.90. The zero-order valence-electron chi connectivity index (χ0n) is 7.08. The Hall–Kier alpha value is -0.760. The summed E-state index contributed by atoms with van der Waals surface area (Å²) >= 11 is 1.84. The van der Waals surface area contributed by atoms with Crippen molar-refractivity contribution in [2.75, 3.05) is 12.0 Å². The molecule has 0 aromatic heterocycles. The first-order chi connectivity index (χ1) is 5.90. The van der Waals surface area contributed by atoms with Crippen LogP contribution in [0, 0.1) is 0 Å². The van der Waals surface area contributed by atoms with Crippen molar-refractivity contribution in [3.05, 3.63) is 29.8 Å². The lowest BCUT2D eigenvalue weighted by atomic mass is 10.1. The maximum atomic E-state index is 4.54. The molecule has 2 heteroatoms. The summed E-state index contributed by atoms with van der Waals surface area (Å²) < 4.78 is 0. The van der Waals surface area contributed by atoms with Crippen LogP contribution >= 0.6 is 11.8 Å². The van der Waals surface area contributed by atoms with Crippen molar-refractivity contribution in [2.45, 2.75) is 6.42 Å². The van der Waals surface area contributed by atoms with E-state index in [-0.39, 0.29) is 0 Å². The van der Waals surface area contributed by atoms with Crippen LogP contribution in [0.1, 0.15) is 5.56 Å². The first-order valence-electron chi connectivity index (χ1n) is 4.03. The normalized spacial score (nSPS) is 14.2. The van der Waals surface area contributed by atoms with Gasteiger partial charge in [0.1, 0.15) is 0 Å². The Balaban J connectivity index is 2.23. The zero-order chi connectivity index (χ0) is 8.39. The van der Waals surface area contributed by atoms with Gasteiger partial charge in [0.15, 0.2) is 0 Å². The molecule has 0 N–H and O–H groups in total. The average molecular weight is 177 g/mol. The van der Waals surface area contributed by atoms with Gasteiger partial charge in [0.05, 0.1) is 5.69 Å². The van der Waals surface area contributed by atoms with Gasteiger partial charge >= 0.3 is 0 Å². The van der Waals surface area contributed by atoms with Crippen molar-refractivity contribution in [3.8, 4) is 0 Å². The summed E-state index contributed by atoms with van der Waals surface area (Å²) in [7, 11) is 0. The smallest absolute Gasteiger partial charge is 0.0665 e. The molecule has 0 aliphatic carbocycles. The van der Waals surface area contributed by atoms with E-state index in [0.29, 0.717) is 0 Å². The van der Waals surface area contributed by atoms with Gasteiger partial charge in [-0.05, 0) is 17.9 Å². The minimum Gasteiger partial charge on any atom is -0.256 e. The summed E-state index contributed by atoms with van der Waals surface area (Å²) in [6, 6.07) is 8.37. The van der Waals surface area contributed by atoms with Gasteiger partial charge in [0.2, 0.25) is 0 Å². The summed E-state index contributed by atoms with van der Waals surface area (Å²) in [6.07, 6.45) is 3.17. The molecule has 0 amide bonds. The van der Waals surface area contributed by atoms with Crippen molar-refractivity contribution in [1.82, 2.24) is 0 Å². The predicted molar refractivity (Wildman–Crippen MR) is 55.6 cm³/mol. The summed E-state index contributed by atoms with van der Waals surface area (Å²) in [5, 5.41) is 0. The summed E-state index contributed by atoms with van der Waals surface area (Å²) in [6.45, 7) is 0. The van der Waals surface area contributed by atoms with E-state index in [1.165, 1.54) is 17.0 Å². The van der Waals surface area contributed by atoms with Gasteiger partial charge in [-0.2, -0.15) is 11.8 Å². The molecule has 1 aromatic carbocycles. The number of para-hydroxylation sites is 1. The van der Waals surface area contributed by atoms with Crippen LogP contribution in [-0.4, -0.2) is 17.7 Å². The van der Waals surface area contributed by atoms with Gasteiger partial charge in [-0.15, -0.1) is 0 Å². The third-order valence-electron chi connectivity index (χ3n) is 1.98.